The monoisotopic (exact) mass is 286 g/mol. The molecule has 0 radical (unpaired) electrons. The summed E-state index contributed by atoms with van der Waals surface area (Å²) in [6.45, 7) is 5.79. The van der Waals surface area contributed by atoms with E-state index >= 15 is 0 Å². The molecular weight excluding hydrogens is 256 g/mol. The molecule has 1 amide bonds. The van der Waals surface area contributed by atoms with E-state index in [1.807, 2.05) is 0 Å². The van der Waals surface area contributed by atoms with Gasteiger partial charge in [0.15, 0.2) is 0 Å². The summed E-state index contributed by atoms with van der Waals surface area (Å²) < 4.78 is 5.69. The van der Waals surface area contributed by atoms with Gasteiger partial charge in [0.2, 0.25) is 5.91 Å². The van der Waals surface area contributed by atoms with E-state index < -0.39 is 6.10 Å². The van der Waals surface area contributed by atoms with Gasteiger partial charge >= 0.3 is 0 Å². The van der Waals surface area contributed by atoms with Crippen molar-refractivity contribution in [3.05, 3.63) is 0 Å². The van der Waals surface area contributed by atoms with Crippen molar-refractivity contribution >= 4 is 5.91 Å². The van der Waals surface area contributed by atoms with Crippen molar-refractivity contribution in [1.29, 1.82) is 0 Å². The van der Waals surface area contributed by atoms with Crippen molar-refractivity contribution in [2.24, 2.45) is 5.92 Å². The summed E-state index contributed by atoms with van der Waals surface area (Å²) in [5.41, 5.74) is 0. The number of ether oxygens (including phenoxy) is 1. The standard InChI is InChI=1S/C15H30N2O3/c1-12(2)8-17-15(19)10-16-9-13(18)11-20-14-6-4-3-5-7-14/h12-14,16,18H,3-11H2,1-2H3,(H,17,19). The van der Waals surface area contributed by atoms with Crippen LogP contribution in [0.25, 0.3) is 0 Å². The van der Waals surface area contributed by atoms with Gasteiger partial charge in [-0.2, -0.15) is 0 Å². The zero-order valence-corrected chi connectivity index (χ0v) is 12.9. The van der Waals surface area contributed by atoms with E-state index in [0.717, 1.165) is 12.8 Å². The van der Waals surface area contributed by atoms with E-state index in [9.17, 15) is 9.90 Å². The maximum Gasteiger partial charge on any atom is 0.233 e. The number of aliphatic hydroxyl groups is 1. The Bertz CT molecular complexity index is 266. The summed E-state index contributed by atoms with van der Waals surface area (Å²) in [4.78, 5) is 11.4. The van der Waals surface area contributed by atoms with Gasteiger partial charge in [-0.1, -0.05) is 33.1 Å². The summed E-state index contributed by atoms with van der Waals surface area (Å²) in [7, 11) is 0. The van der Waals surface area contributed by atoms with Gasteiger partial charge in [-0.25, -0.2) is 0 Å². The lowest BCUT2D eigenvalue weighted by Crippen LogP contribution is -2.39. The molecule has 1 unspecified atom stereocenters. The van der Waals surface area contributed by atoms with Crippen LogP contribution in [0.15, 0.2) is 0 Å². The van der Waals surface area contributed by atoms with Gasteiger partial charge in [0.25, 0.3) is 0 Å². The Balaban J connectivity index is 1.99. The van der Waals surface area contributed by atoms with Crippen molar-refractivity contribution < 1.29 is 14.6 Å². The summed E-state index contributed by atoms with van der Waals surface area (Å²) in [6.07, 6.45) is 5.75. The van der Waals surface area contributed by atoms with Gasteiger partial charge in [0, 0.05) is 13.1 Å². The molecule has 118 valence electrons. The molecule has 20 heavy (non-hydrogen) atoms. The van der Waals surface area contributed by atoms with Crippen LogP contribution >= 0.6 is 0 Å². The van der Waals surface area contributed by atoms with Crippen LogP contribution in [0.2, 0.25) is 0 Å². The molecular formula is C15H30N2O3. The van der Waals surface area contributed by atoms with Crippen LogP contribution < -0.4 is 10.6 Å². The van der Waals surface area contributed by atoms with Crippen LogP contribution in [0.4, 0.5) is 0 Å². The number of rotatable bonds is 9. The number of carbonyl (C=O) groups excluding carboxylic acids is 1. The molecule has 0 aliphatic heterocycles. The molecule has 1 fully saturated rings. The zero-order valence-electron chi connectivity index (χ0n) is 12.9. The highest BCUT2D eigenvalue weighted by Crippen LogP contribution is 2.20. The van der Waals surface area contributed by atoms with Crippen molar-refractivity contribution in [2.45, 2.75) is 58.2 Å². The molecule has 0 aromatic heterocycles. The minimum atomic E-state index is -0.546. The van der Waals surface area contributed by atoms with Crippen LogP contribution in [-0.4, -0.2) is 49.5 Å². The summed E-state index contributed by atoms with van der Waals surface area (Å²) in [5.74, 6) is 0.424. The van der Waals surface area contributed by atoms with Crippen LogP contribution in [0.5, 0.6) is 0 Å². The summed E-state index contributed by atoms with van der Waals surface area (Å²) >= 11 is 0. The van der Waals surface area contributed by atoms with Gasteiger partial charge in [0.05, 0.1) is 25.4 Å². The van der Waals surface area contributed by atoms with Crippen molar-refractivity contribution in [1.82, 2.24) is 10.6 Å². The largest absolute Gasteiger partial charge is 0.389 e. The lowest BCUT2D eigenvalue weighted by Gasteiger charge is -2.23. The van der Waals surface area contributed by atoms with Gasteiger partial charge < -0.3 is 20.5 Å². The predicted molar refractivity (Wildman–Crippen MR) is 79.5 cm³/mol. The lowest BCUT2D eigenvalue weighted by molar-refractivity contribution is -0.120. The third-order valence-corrected chi connectivity index (χ3v) is 3.45. The Morgan fingerprint density at radius 1 is 1.25 bits per heavy atom. The number of hydrogen-bond donors (Lipinski definition) is 3. The Morgan fingerprint density at radius 2 is 1.95 bits per heavy atom. The molecule has 1 aliphatic carbocycles. The van der Waals surface area contributed by atoms with E-state index in [-0.39, 0.29) is 12.5 Å². The van der Waals surface area contributed by atoms with Crippen molar-refractivity contribution in [3.63, 3.8) is 0 Å². The fourth-order valence-electron chi connectivity index (χ4n) is 2.27. The SMILES string of the molecule is CC(C)CNC(=O)CNCC(O)COC1CCCCC1. The molecule has 0 bridgehead atoms. The normalized spacial score (nSPS) is 18.2. The molecule has 1 aliphatic rings. The van der Waals surface area contributed by atoms with Crippen LogP contribution in [0, 0.1) is 5.92 Å². The predicted octanol–water partition coefficient (Wildman–Crippen LogP) is 1.06. The van der Waals surface area contributed by atoms with Crippen molar-refractivity contribution in [2.75, 3.05) is 26.2 Å². The second-order valence-electron chi connectivity index (χ2n) is 6.08. The second kappa shape index (κ2) is 10.1. The molecule has 0 spiro atoms. The van der Waals surface area contributed by atoms with Crippen LogP contribution in [0.3, 0.4) is 0 Å². The van der Waals surface area contributed by atoms with E-state index in [1.54, 1.807) is 0 Å². The average molecular weight is 286 g/mol. The quantitative estimate of drug-likeness (QED) is 0.593. The molecule has 5 heteroatoms. The first-order valence-electron chi connectivity index (χ1n) is 7.85. The van der Waals surface area contributed by atoms with Crippen molar-refractivity contribution in [3.8, 4) is 0 Å². The molecule has 5 nitrogen and oxygen atoms in total. The minimum Gasteiger partial charge on any atom is -0.389 e. The number of carbonyl (C=O) groups is 1. The first kappa shape index (κ1) is 17.4. The Hall–Kier alpha value is -0.650. The average Bonchev–Trinajstić information content (AvgIpc) is 2.44. The third-order valence-electron chi connectivity index (χ3n) is 3.45. The Morgan fingerprint density at radius 3 is 2.60 bits per heavy atom. The van der Waals surface area contributed by atoms with Gasteiger partial charge in [0.1, 0.15) is 0 Å². The number of amides is 1. The maximum absolute atomic E-state index is 11.4. The molecule has 3 N–H and O–H groups in total. The molecule has 0 aromatic rings. The fraction of sp³-hybridized carbons (Fsp3) is 0.933. The van der Waals surface area contributed by atoms with E-state index in [4.69, 9.17) is 4.74 Å². The highest BCUT2D eigenvalue weighted by molar-refractivity contribution is 5.77. The molecule has 1 atom stereocenters. The molecule has 1 rings (SSSR count). The van der Waals surface area contributed by atoms with Crippen LogP contribution in [0.1, 0.15) is 46.0 Å². The first-order chi connectivity index (χ1) is 9.58. The summed E-state index contributed by atoms with van der Waals surface area (Å²) in [5, 5.41) is 15.6. The Labute approximate surface area is 122 Å². The second-order valence-corrected chi connectivity index (χ2v) is 6.08. The van der Waals surface area contributed by atoms with E-state index in [2.05, 4.69) is 24.5 Å². The Kier molecular flexibility index (Phi) is 8.82. The van der Waals surface area contributed by atoms with E-state index in [1.165, 1.54) is 19.3 Å². The maximum atomic E-state index is 11.4. The first-order valence-corrected chi connectivity index (χ1v) is 7.85. The van der Waals surface area contributed by atoms with E-state index in [0.29, 0.717) is 31.7 Å². The number of nitrogens with one attached hydrogen (secondary N) is 2. The lowest BCUT2D eigenvalue weighted by atomic mass is 9.98. The molecule has 0 saturated heterocycles. The fourth-order valence-corrected chi connectivity index (χ4v) is 2.27. The zero-order chi connectivity index (χ0) is 14.8. The smallest absolute Gasteiger partial charge is 0.233 e. The number of hydrogen-bond acceptors (Lipinski definition) is 4. The molecule has 0 heterocycles. The van der Waals surface area contributed by atoms with Gasteiger partial charge in [-0.05, 0) is 18.8 Å². The highest BCUT2D eigenvalue weighted by Gasteiger charge is 2.15. The van der Waals surface area contributed by atoms with Gasteiger partial charge in [-0.3, -0.25) is 4.79 Å². The van der Waals surface area contributed by atoms with Crippen LogP contribution in [-0.2, 0) is 9.53 Å². The van der Waals surface area contributed by atoms with Gasteiger partial charge in [-0.15, -0.1) is 0 Å². The molecule has 1 saturated carbocycles. The highest BCUT2D eigenvalue weighted by atomic mass is 16.5. The number of aliphatic hydroxyl groups excluding tert-OH is 1. The minimum absolute atomic E-state index is 0.0286. The topological polar surface area (TPSA) is 70.6 Å². The summed E-state index contributed by atoms with van der Waals surface area (Å²) in [6, 6.07) is 0. The molecule has 0 aromatic carbocycles. The third kappa shape index (κ3) is 8.51.